The summed E-state index contributed by atoms with van der Waals surface area (Å²) in [4.78, 5) is 14.3. The molecule has 0 spiro atoms. The summed E-state index contributed by atoms with van der Waals surface area (Å²) in [5, 5.41) is 19.9. The first kappa shape index (κ1) is 18.5. The Hall–Kier alpha value is -2.83. The first-order valence-electron chi connectivity index (χ1n) is 7.38. The van der Waals surface area contributed by atoms with E-state index >= 15 is 0 Å². The van der Waals surface area contributed by atoms with Crippen LogP contribution in [0.5, 0.6) is 0 Å². The van der Waals surface area contributed by atoms with Crippen molar-refractivity contribution in [3.8, 4) is 6.07 Å². The normalized spacial score (nSPS) is 11.2. The van der Waals surface area contributed by atoms with Crippen LogP contribution in [-0.2, 0) is 16.6 Å². The second kappa shape index (κ2) is 7.83. The molecule has 2 aromatic rings. The van der Waals surface area contributed by atoms with Crippen LogP contribution in [0.4, 0.5) is 5.69 Å². The standard InChI is InChI=1S/C16H16N4O4S/c1-13-15(20(21)22)6-2-7-16(13)25(23,24)19(10-4-8-17)12-14-5-3-9-18-11-14/h2-3,5-7,9,11H,4,10,12H2,1H3. The van der Waals surface area contributed by atoms with Crippen LogP contribution < -0.4 is 0 Å². The van der Waals surface area contributed by atoms with Crippen LogP contribution in [0.3, 0.4) is 0 Å². The molecule has 8 nitrogen and oxygen atoms in total. The first-order valence-corrected chi connectivity index (χ1v) is 8.82. The van der Waals surface area contributed by atoms with Gasteiger partial charge in [0, 0.05) is 43.5 Å². The van der Waals surface area contributed by atoms with Gasteiger partial charge in [0.1, 0.15) is 0 Å². The minimum absolute atomic E-state index is 0.00741. The zero-order chi connectivity index (χ0) is 18.4. The van der Waals surface area contributed by atoms with E-state index in [9.17, 15) is 18.5 Å². The maximum atomic E-state index is 13.0. The van der Waals surface area contributed by atoms with Crippen molar-refractivity contribution in [3.63, 3.8) is 0 Å². The van der Waals surface area contributed by atoms with Crippen molar-refractivity contribution in [2.45, 2.75) is 24.8 Å². The summed E-state index contributed by atoms with van der Waals surface area (Å²) in [5.74, 6) is 0. The Balaban J connectivity index is 2.47. The van der Waals surface area contributed by atoms with Gasteiger partial charge in [-0.2, -0.15) is 9.57 Å². The SMILES string of the molecule is Cc1c([N+](=O)[O-])cccc1S(=O)(=O)N(CCC#N)Cc1cccnc1. The van der Waals surface area contributed by atoms with E-state index in [1.54, 1.807) is 18.3 Å². The molecule has 1 aromatic carbocycles. The number of nitrogens with zero attached hydrogens (tertiary/aromatic N) is 4. The predicted molar refractivity (Wildman–Crippen MR) is 89.9 cm³/mol. The lowest BCUT2D eigenvalue weighted by molar-refractivity contribution is -0.385. The highest BCUT2D eigenvalue weighted by Gasteiger charge is 2.29. The van der Waals surface area contributed by atoms with E-state index in [0.29, 0.717) is 5.56 Å². The molecular formula is C16H16N4O4S. The maximum Gasteiger partial charge on any atom is 0.273 e. The van der Waals surface area contributed by atoms with Crippen molar-refractivity contribution in [2.24, 2.45) is 0 Å². The van der Waals surface area contributed by atoms with Crippen molar-refractivity contribution in [1.29, 1.82) is 5.26 Å². The minimum atomic E-state index is -4.01. The molecule has 0 N–H and O–H groups in total. The fourth-order valence-electron chi connectivity index (χ4n) is 2.37. The van der Waals surface area contributed by atoms with Crippen molar-refractivity contribution >= 4 is 15.7 Å². The number of hydrogen-bond acceptors (Lipinski definition) is 6. The Labute approximate surface area is 145 Å². The van der Waals surface area contributed by atoms with Crippen molar-refractivity contribution in [2.75, 3.05) is 6.54 Å². The molecule has 0 aliphatic carbocycles. The van der Waals surface area contributed by atoms with E-state index in [-0.39, 0.29) is 35.7 Å². The number of aromatic nitrogens is 1. The monoisotopic (exact) mass is 360 g/mol. The van der Waals surface area contributed by atoms with Crippen LogP contribution in [0.25, 0.3) is 0 Å². The quantitative estimate of drug-likeness (QED) is 0.553. The highest BCUT2D eigenvalue weighted by Crippen LogP contribution is 2.28. The number of benzene rings is 1. The first-order chi connectivity index (χ1) is 11.9. The number of rotatable bonds is 7. The molecular weight excluding hydrogens is 344 g/mol. The van der Waals surface area contributed by atoms with Gasteiger partial charge in [-0.3, -0.25) is 15.1 Å². The summed E-state index contributed by atoms with van der Waals surface area (Å²) < 4.78 is 27.2. The zero-order valence-corrected chi connectivity index (χ0v) is 14.3. The van der Waals surface area contributed by atoms with Gasteiger partial charge in [-0.25, -0.2) is 8.42 Å². The van der Waals surface area contributed by atoms with E-state index in [2.05, 4.69) is 4.98 Å². The van der Waals surface area contributed by atoms with Crippen LogP contribution >= 0.6 is 0 Å². The third-order valence-corrected chi connectivity index (χ3v) is 5.61. The Morgan fingerprint density at radius 3 is 2.68 bits per heavy atom. The average molecular weight is 360 g/mol. The van der Waals surface area contributed by atoms with E-state index in [1.807, 2.05) is 6.07 Å². The molecule has 130 valence electrons. The van der Waals surface area contributed by atoms with Crippen LogP contribution in [0.1, 0.15) is 17.5 Å². The number of hydrogen-bond donors (Lipinski definition) is 0. The van der Waals surface area contributed by atoms with Gasteiger partial charge in [0.25, 0.3) is 5.69 Å². The van der Waals surface area contributed by atoms with Gasteiger partial charge in [-0.1, -0.05) is 12.1 Å². The number of pyridine rings is 1. The third kappa shape index (κ3) is 4.17. The predicted octanol–water partition coefficient (Wildman–Crippen LogP) is 2.40. The van der Waals surface area contributed by atoms with Gasteiger partial charge >= 0.3 is 0 Å². The molecule has 9 heteroatoms. The van der Waals surface area contributed by atoms with Crippen LogP contribution in [-0.4, -0.2) is 29.2 Å². The lowest BCUT2D eigenvalue weighted by Crippen LogP contribution is -2.32. The molecule has 1 heterocycles. The van der Waals surface area contributed by atoms with E-state index in [0.717, 1.165) is 4.31 Å². The van der Waals surface area contributed by atoms with Crippen LogP contribution in [0, 0.1) is 28.4 Å². The number of sulfonamides is 1. The average Bonchev–Trinajstić information content (AvgIpc) is 2.59. The smallest absolute Gasteiger partial charge is 0.264 e. The molecule has 0 saturated heterocycles. The Morgan fingerprint density at radius 2 is 2.08 bits per heavy atom. The molecule has 0 aliphatic rings. The topological polar surface area (TPSA) is 117 Å². The number of nitro benzene ring substituents is 1. The molecule has 1 aromatic heterocycles. The molecule has 0 fully saturated rings. The second-order valence-corrected chi connectivity index (χ2v) is 7.17. The molecule has 25 heavy (non-hydrogen) atoms. The summed E-state index contributed by atoms with van der Waals surface area (Å²) in [7, 11) is -4.01. The molecule has 0 saturated carbocycles. The highest BCUT2D eigenvalue weighted by molar-refractivity contribution is 7.89. The summed E-state index contributed by atoms with van der Waals surface area (Å²) in [5.41, 5.74) is 0.468. The fraction of sp³-hybridized carbons (Fsp3) is 0.250. The van der Waals surface area contributed by atoms with E-state index in [1.165, 1.54) is 31.3 Å². The van der Waals surface area contributed by atoms with Crippen LogP contribution in [0.15, 0.2) is 47.6 Å². The molecule has 2 rings (SSSR count). The summed E-state index contributed by atoms with van der Waals surface area (Å²) in [6, 6.07) is 9.26. The summed E-state index contributed by atoms with van der Waals surface area (Å²) >= 11 is 0. The van der Waals surface area contributed by atoms with Gasteiger partial charge in [0.2, 0.25) is 10.0 Å². The van der Waals surface area contributed by atoms with Crippen molar-refractivity contribution < 1.29 is 13.3 Å². The Kier molecular flexibility index (Phi) is 5.80. The number of nitro groups is 1. The van der Waals surface area contributed by atoms with Gasteiger partial charge in [0.15, 0.2) is 0 Å². The van der Waals surface area contributed by atoms with Crippen molar-refractivity contribution in [3.05, 3.63) is 64.0 Å². The fourth-order valence-corrected chi connectivity index (χ4v) is 4.04. The summed E-state index contributed by atoms with van der Waals surface area (Å²) in [6.45, 7) is 1.41. The third-order valence-electron chi connectivity index (χ3n) is 3.62. The molecule has 0 aliphatic heterocycles. The minimum Gasteiger partial charge on any atom is -0.264 e. The van der Waals surface area contributed by atoms with Crippen molar-refractivity contribution in [1.82, 2.24) is 9.29 Å². The lowest BCUT2D eigenvalue weighted by atomic mass is 10.2. The van der Waals surface area contributed by atoms with Gasteiger partial charge in [0.05, 0.1) is 15.9 Å². The molecule has 0 radical (unpaired) electrons. The molecule has 0 bridgehead atoms. The van der Waals surface area contributed by atoms with Gasteiger partial charge < -0.3 is 0 Å². The van der Waals surface area contributed by atoms with Gasteiger partial charge in [-0.15, -0.1) is 0 Å². The summed E-state index contributed by atoms with van der Waals surface area (Å²) in [6.07, 6.45) is 3.12. The highest BCUT2D eigenvalue weighted by atomic mass is 32.2. The zero-order valence-electron chi connectivity index (χ0n) is 13.5. The number of nitriles is 1. The van der Waals surface area contributed by atoms with Crippen LogP contribution in [0.2, 0.25) is 0 Å². The molecule has 0 unspecified atom stereocenters. The Bertz CT molecular complexity index is 907. The van der Waals surface area contributed by atoms with E-state index in [4.69, 9.17) is 5.26 Å². The lowest BCUT2D eigenvalue weighted by Gasteiger charge is -2.22. The molecule has 0 atom stereocenters. The largest absolute Gasteiger partial charge is 0.273 e. The van der Waals surface area contributed by atoms with E-state index < -0.39 is 14.9 Å². The Morgan fingerprint density at radius 1 is 1.32 bits per heavy atom. The van der Waals surface area contributed by atoms with Gasteiger partial charge in [-0.05, 0) is 24.6 Å². The maximum absolute atomic E-state index is 13.0. The molecule has 0 amide bonds. The second-order valence-electron chi connectivity index (χ2n) is 5.27.